The highest BCUT2D eigenvalue weighted by molar-refractivity contribution is 5.82. The lowest BCUT2D eigenvalue weighted by Gasteiger charge is -2.23. The van der Waals surface area contributed by atoms with E-state index in [1.165, 1.54) is 5.56 Å². The number of carbonyl (C=O) groups excluding carboxylic acids is 1. The molecule has 1 aromatic carbocycles. The zero-order valence-corrected chi connectivity index (χ0v) is 14.8. The van der Waals surface area contributed by atoms with Crippen molar-refractivity contribution in [2.24, 2.45) is 5.92 Å². The molecule has 132 valence electrons. The normalized spacial score (nSPS) is 18.5. The van der Waals surface area contributed by atoms with Crippen LogP contribution in [0.5, 0.6) is 0 Å². The zero-order chi connectivity index (χ0) is 17.9. The predicted octanol–water partition coefficient (Wildman–Crippen LogP) is 4.32. The van der Waals surface area contributed by atoms with Crippen LogP contribution in [0.3, 0.4) is 0 Å². The summed E-state index contributed by atoms with van der Waals surface area (Å²) in [6, 6.07) is 18.0. The third-order valence-electron chi connectivity index (χ3n) is 4.86. The van der Waals surface area contributed by atoms with Gasteiger partial charge in [-0.3, -0.25) is 9.78 Å². The summed E-state index contributed by atoms with van der Waals surface area (Å²) < 4.78 is 5.49. The monoisotopic (exact) mass is 346 g/mol. The van der Waals surface area contributed by atoms with Gasteiger partial charge >= 0.3 is 0 Å². The van der Waals surface area contributed by atoms with E-state index in [1.807, 2.05) is 41.3 Å². The average molecular weight is 346 g/mol. The van der Waals surface area contributed by atoms with Crippen molar-refractivity contribution < 1.29 is 9.21 Å². The Morgan fingerprint density at radius 2 is 2.08 bits per heavy atom. The van der Waals surface area contributed by atoms with E-state index in [9.17, 15) is 4.79 Å². The van der Waals surface area contributed by atoms with Crippen LogP contribution >= 0.6 is 0 Å². The Balaban J connectivity index is 1.53. The van der Waals surface area contributed by atoms with E-state index < -0.39 is 0 Å². The number of pyridine rings is 1. The molecule has 1 fully saturated rings. The van der Waals surface area contributed by atoms with Gasteiger partial charge < -0.3 is 9.32 Å². The summed E-state index contributed by atoms with van der Waals surface area (Å²) in [6.07, 6.45) is 4.31. The highest BCUT2D eigenvalue weighted by Crippen LogP contribution is 2.48. The largest absolute Gasteiger partial charge is 0.469 e. The van der Waals surface area contributed by atoms with E-state index in [4.69, 9.17) is 4.42 Å². The number of hydrogen-bond acceptors (Lipinski definition) is 3. The van der Waals surface area contributed by atoms with Gasteiger partial charge in [-0.15, -0.1) is 0 Å². The Labute approximate surface area is 153 Å². The smallest absolute Gasteiger partial charge is 0.227 e. The van der Waals surface area contributed by atoms with Crippen molar-refractivity contribution >= 4 is 5.91 Å². The van der Waals surface area contributed by atoms with E-state index >= 15 is 0 Å². The molecule has 4 heteroatoms. The van der Waals surface area contributed by atoms with Crippen molar-refractivity contribution in [2.75, 3.05) is 0 Å². The number of amides is 1. The second kappa shape index (κ2) is 7.16. The van der Waals surface area contributed by atoms with Crippen LogP contribution in [0.15, 0.2) is 71.5 Å². The van der Waals surface area contributed by atoms with Gasteiger partial charge in [-0.2, -0.15) is 0 Å². The average Bonchev–Trinajstić information content (AvgIpc) is 3.26. The first-order valence-electron chi connectivity index (χ1n) is 8.98. The molecule has 1 aliphatic rings. The lowest BCUT2D eigenvalue weighted by molar-refractivity contribution is -0.134. The SMILES string of the molecule is Cc1cccc(CN(Cc2ccccn2)C(=O)[C@@H]2C[C@H]2c2ccco2)c1. The summed E-state index contributed by atoms with van der Waals surface area (Å²) in [4.78, 5) is 19.5. The maximum Gasteiger partial charge on any atom is 0.227 e. The van der Waals surface area contributed by atoms with Crippen molar-refractivity contribution in [3.8, 4) is 0 Å². The molecule has 2 atom stereocenters. The maximum atomic E-state index is 13.2. The minimum atomic E-state index is 0.00896. The third-order valence-corrected chi connectivity index (χ3v) is 4.86. The summed E-state index contributed by atoms with van der Waals surface area (Å²) >= 11 is 0. The Hall–Kier alpha value is -2.88. The van der Waals surface area contributed by atoms with Crippen LogP contribution in [0.25, 0.3) is 0 Å². The van der Waals surface area contributed by atoms with Crippen LogP contribution in [-0.2, 0) is 17.9 Å². The second-order valence-corrected chi connectivity index (χ2v) is 6.97. The Kier molecular flexibility index (Phi) is 4.57. The van der Waals surface area contributed by atoms with Crippen molar-refractivity contribution in [1.29, 1.82) is 0 Å². The van der Waals surface area contributed by atoms with Gasteiger partial charge in [0, 0.05) is 24.6 Å². The first-order valence-corrected chi connectivity index (χ1v) is 8.98. The molecule has 4 rings (SSSR count). The molecule has 26 heavy (non-hydrogen) atoms. The quantitative estimate of drug-likeness (QED) is 0.668. The van der Waals surface area contributed by atoms with Crippen LogP contribution in [0.4, 0.5) is 0 Å². The fraction of sp³-hybridized carbons (Fsp3) is 0.273. The number of aromatic nitrogens is 1. The van der Waals surface area contributed by atoms with Gasteiger partial charge in [0.25, 0.3) is 0 Å². The fourth-order valence-electron chi connectivity index (χ4n) is 3.45. The number of rotatable bonds is 6. The van der Waals surface area contributed by atoms with Crippen molar-refractivity contribution in [3.63, 3.8) is 0 Å². The first-order chi connectivity index (χ1) is 12.7. The van der Waals surface area contributed by atoms with Gasteiger partial charge in [0.15, 0.2) is 0 Å². The predicted molar refractivity (Wildman–Crippen MR) is 99.2 cm³/mol. The van der Waals surface area contributed by atoms with Gasteiger partial charge in [0.05, 0.1) is 18.5 Å². The maximum absolute atomic E-state index is 13.2. The van der Waals surface area contributed by atoms with Crippen molar-refractivity contribution in [3.05, 3.63) is 89.6 Å². The molecule has 4 nitrogen and oxygen atoms in total. The number of carbonyl (C=O) groups is 1. The van der Waals surface area contributed by atoms with E-state index in [0.29, 0.717) is 13.1 Å². The summed E-state index contributed by atoms with van der Waals surface area (Å²) in [5.74, 6) is 1.31. The molecule has 3 aromatic rings. The lowest BCUT2D eigenvalue weighted by atomic mass is 10.1. The minimum absolute atomic E-state index is 0.00896. The molecule has 0 saturated heterocycles. The minimum Gasteiger partial charge on any atom is -0.469 e. The first kappa shape index (κ1) is 16.6. The molecule has 1 saturated carbocycles. The molecule has 0 bridgehead atoms. The number of furan rings is 1. The van der Waals surface area contributed by atoms with Crippen molar-refractivity contribution in [1.82, 2.24) is 9.88 Å². The second-order valence-electron chi connectivity index (χ2n) is 6.97. The van der Waals surface area contributed by atoms with Crippen LogP contribution in [-0.4, -0.2) is 15.8 Å². The van der Waals surface area contributed by atoms with E-state index in [1.54, 1.807) is 12.5 Å². The molecule has 0 N–H and O–H groups in total. The van der Waals surface area contributed by atoms with Gasteiger partial charge in [0.2, 0.25) is 5.91 Å². The molecule has 0 unspecified atom stereocenters. The molecule has 0 spiro atoms. The summed E-state index contributed by atoms with van der Waals surface area (Å²) in [7, 11) is 0. The van der Waals surface area contributed by atoms with Crippen LogP contribution < -0.4 is 0 Å². The molecule has 0 aliphatic heterocycles. The topological polar surface area (TPSA) is 46.3 Å². The standard InChI is InChI=1S/C22H22N2O2/c1-16-6-4-7-17(12-16)14-24(15-18-8-2-3-10-23-18)22(25)20-13-19(20)21-9-5-11-26-21/h2-12,19-20H,13-15H2,1H3/t19-,20-/m1/s1. The number of hydrogen-bond donors (Lipinski definition) is 0. The van der Waals surface area contributed by atoms with Gasteiger partial charge in [0.1, 0.15) is 5.76 Å². The zero-order valence-electron chi connectivity index (χ0n) is 14.8. The van der Waals surface area contributed by atoms with E-state index in [2.05, 4.69) is 30.1 Å². The number of nitrogens with zero attached hydrogens (tertiary/aromatic N) is 2. The Bertz CT molecular complexity index is 874. The van der Waals surface area contributed by atoms with Gasteiger partial charge in [-0.05, 0) is 43.2 Å². The summed E-state index contributed by atoms with van der Waals surface area (Å²) in [5.41, 5.74) is 3.25. The highest BCUT2D eigenvalue weighted by atomic mass is 16.3. The highest BCUT2D eigenvalue weighted by Gasteiger charge is 2.47. The Morgan fingerprint density at radius 1 is 1.15 bits per heavy atom. The third kappa shape index (κ3) is 3.69. The van der Waals surface area contributed by atoms with E-state index in [0.717, 1.165) is 23.4 Å². The molecule has 2 aromatic heterocycles. The van der Waals surface area contributed by atoms with Gasteiger partial charge in [-0.25, -0.2) is 0 Å². The molecular weight excluding hydrogens is 324 g/mol. The van der Waals surface area contributed by atoms with Gasteiger partial charge in [-0.1, -0.05) is 35.9 Å². The lowest BCUT2D eigenvalue weighted by Crippen LogP contribution is -2.32. The van der Waals surface area contributed by atoms with Crippen LogP contribution in [0.2, 0.25) is 0 Å². The van der Waals surface area contributed by atoms with Crippen molar-refractivity contribution in [2.45, 2.75) is 32.4 Å². The van der Waals surface area contributed by atoms with E-state index in [-0.39, 0.29) is 17.7 Å². The van der Waals surface area contributed by atoms with Crippen LogP contribution in [0.1, 0.15) is 34.9 Å². The number of benzene rings is 1. The molecule has 1 amide bonds. The summed E-state index contributed by atoms with van der Waals surface area (Å²) in [6.45, 7) is 3.19. The molecule has 0 radical (unpaired) electrons. The van der Waals surface area contributed by atoms with Crippen LogP contribution in [0, 0.1) is 12.8 Å². The molecule has 2 heterocycles. The molecule has 1 aliphatic carbocycles. The summed E-state index contributed by atoms with van der Waals surface area (Å²) in [5, 5.41) is 0. The fourth-order valence-corrected chi connectivity index (χ4v) is 3.45. The molecular formula is C22H22N2O2. The Morgan fingerprint density at radius 3 is 2.81 bits per heavy atom. The number of aryl methyl sites for hydroxylation is 1.